The van der Waals surface area contributed by atoms with Crippen molar-refractivity contribution in [3.63, 3.8) is 0 Å². The van der Waals surface area contributed by atoms with E-state index in [0.717, 1.165) is 4.47 Å². The quantitative estimate of drug-likeness (QED) is 0.743. The van der Waals surface area contributed by atoms with Crippen molar-refractivity contribution >= 4 is 44.3 Å². The molecule has 0 unspecified atom stereocenters. The molecular formula is C11H16Br2ClNO2. The molecule has 0 aromatic heterocycles. The van der Waals surface area contributed by atoms with E-state index in [1.807, 2.05) is 13.8 Å². The maximum atomic E-state index is 9.89. The number of phenolic OH excluding ortho intramolecular Hbond substituents is 1. The van der Waals surface area contributed by atoms with Crippen LogP contribution in [0.4, 0.5) is 0 Å². The van der Waals surface area contributed by atoms with Crippen LogP contribution < -0.4 is 5.73 Å². The molecule has 3 nitrogen and oxygen atoms in total. The van der Waals surface area contributed by atoms with Gasteiger partial charge in [0.15, 0.2) is 0 Å². The van der Waals surface area contributed by atoms with Crippen molar-refractivity contribution in [2.75, 3.05) is 0 Å². The summed E-state index contributed by atoms with van der Waals surface area (Å²) in [6.07, 6.45) is -0.688. The van der Waals surface area contributed by atoms with E-state index in [-0.39, 0.29) is 24.1 Å². The fourth-order valence-corrected chi connectivity index (χ4v) is 2.70. The lowest BCUT2D eigenvalue weighted by Gasteiger charge is -2.23. The van der Waals surface area contributed by atoms with Crippen molar-refractivity contribution < 1.29 is 10.2 Å². The van der Waals surface area contributed by atoms with E-state index in [1.54, 1.807) is 12.1 Å². The van der Waals surface area contributed by atoms with Gasteiger partial charge in [-0.3, -0.25) is 0 Å². The SMILES string of the molecule is CC(C)[C@H](O)[C@H](N)c1cc(Br)cc(Br)c1O.Cl. The maximum absolute atomic E-state index is 9.89. The lowest BCUT2D eigenvalue weighted by atomic mass is 9.94. The van der Waals surface area contributed by atoms with Crippen molar-refractivity contribution in [2.24, 2.45) is 11.7 Å². The zero-order chi connectivity index (χ0) is 12.5. The van der Waals surface area contributed by atoms with Crippen LogP contribution in [0, 0.1) is 5.92 Å². The minimum atomic E-state index is -0.688. The van der Waals surface area contributed by atoms with Gasteiger partial charge >= 0.3 is 0 Å². The molecule has 1 rings (SSSR count). The Labute approximate surface area is 124 Å². The average Bonchev–Trinajstić information content (AvgIpc) is 2.21. The fraction of sp³-hybridized carbons (Fsp3) is 0.455. The third-order valence-corrected chi connectivity index (χ3v) is 3.53. The van der Waals surface area contributed by atoms with Crippen LogP contribution >= 0.6 is 44.3 Å². The third kappa shape index (κ3) is 4.10. The Hall–Kier alpha value is 0.190. The predicted octanol–water partition coefficient (Wildman–Crippen LogP) is 3.36. The molecule has 0 aliphatic carbocycles. The largest absolute Gasteiger partial charge is 0.506 e. The monoisotopic (exact) mass is 387 g/mol. The summed E-state index contributed by atoms with van der Waals surface area (Å²) < 4.78 is 1.36. The minimum absolute atomic E-state index is 0. The molecular weight excluding hydrogens is 373 g/mol. The second-order valence-corrected chi connectivity index (χ2v) is 5.86. The number of aliphatic hydroxyl groups is 1. The van der Waals surface area contributed by atoms with Crippen LogP contribution in [0.1, 0.15) is 25.5 Å². The number of halogens is 3. The second-order valence-electron chi connectivity index (χ2n) is 4.09. The highest BCUT2D eigenvalue weighted by Gasteiger charge is 2.23. The highest BCUT2D eigenvalue weighted by atomic mass is 79.9. The molecule has 17 heavy (non-hydrogen) atoms. The molecule has 6 heteroatoms. The number of hydrogen-bond acceptors (Lipinski definition) is 3. The Morgan fingerprint density at radius 2 is 1.76 bits per heavy atom. The Bertz CT molecular complexity index is 388. The van der Waals surface area contributed by atoms with Crippen LogP contribution in [-0.2, 0) is 0 Å². The van der Waals surface area contributed by atoms with Crippen molar-refractivity contribution in [1.82, 2.24) is 0 Å². The number of aliphatic hydroxyl groups excluding tert-OH is 1. The molecule has 4 N–H and O–H groups in total. The molecule has 0 spiro atoms. The van der Waals surface area contributed by atoms with Gasteiger partial charge in [-0.05, 0) is 34.0 Å². The molecule has 0 aliphatic rings. The summed E-state index contributed by atoms with van der Waals surface area (Å²) in [5.41, 5.74) is 6.46. The number of aromatic hydroxyl groups is 1. The third-order valence-electron chi connectivity index (χ3n) is 2.47. The van der Waals surface area contributed by atoms with Gasteiger partial charge in [0.1, 0.15) is 5.75 Å². The summed E-state index contributed by atoms with van der Waals surface area (Å²) in [6.45, 7) is 3.77. The Morgan fingerprint density at radius 3 is 2.24 bits per heavy atom. The molecule has 0 aliphatic heterocycles. The minimum Gasteiger partial charge on any atom is -0.506 e. The summed E-state index contributed by atoms with van der Waals surface area (Å²) in [5, 5.41) is 19.8. The predicted molar refractivity (Wildman–Crippen MR) is 78.5 cm³/mol. The summed E-state index contributed by atoms with van der Waals surface area (Å²) in [6, 6.07) is 2.85. The van der Waals surface area contributed by atoms with Gasteiger partial charge in [-0.1, -0.05) is 29.8 Å². The first-order valence-corrected chi connectivity index (χ1v) is 6.54. The van der Waals surface area contributed by atoms with Gasteiger partial charge in [0.2, 0.25) is 0 Å². The molecule has 0 fully saturated rings. The van der Waals surface area contributed by atoms with Crippen molar-refractivity contribution in [3.05, 3.63) is 26.6 Å². The van der Waals surface area contributed by atoms with Gasteiger partial charge < -0.3 is 15.9 Å². The highest BCUT2D eigenvalue weighted by molar-refractivity contribution is 9.11. The van der Waals surface area contributed by atoms with E-state index in [2.05, 4.69) is 31.9 Å². The Morgan fingerprint density at radius 1 is 1.24 bits per heavy atom. The lowest BCUT2D eigenvalue weighted by Crippen LogP contribution is -2.30. The molecule has 1 aromatic rings. The van der Waals surface area contributed by atoms with Crippen LogP contribution in [0.25, 0.3) is 0 Å². The van der Waals surface area contributed by atoms with E-state index in [0.29, 0.717) is 10.0 Å². The Balaban J connectivity index is 0.00000256. The van der Waals surface area contributed by atoms with Gasteiger partial charge in [0, 0.05) is 10.0 Å². The van der Waals surface area contributed by atoms with Gasteiger partial charge in [-0.15, -0.1) is 12.4 Å². The van der Waals surface area contributed by atoms with Crippen molar-refractivity contribution in [1.29, 1.82) is 0 Å². The summed E-state index contributed by atoms with van der Waals surface area (Å²) in [4.78, 5) is 0. The molecule has 2 atom stereocenters. The fourth-order valence-electron chi connectivity index (χ4n) is 1.44. The number of phenols is 1. The average molecular weight is 390 g/mol. The first-order chi connectivity index (χ1) is 7.34. The molecule has 0 saturated heterocycles. The highest BCUT2D eigenvalue weighted by Crippen LogP contribution is 2.36. The molecule has 0 radical (unpaired) electrons. The summed E-state index contributed by atoms with van der Waals surface area (Å²) in [7, 11) is 0. The number of benzene rings is 1. The lowest BCUT2D eigenvalue weighted by molar-refractivity contribution is 0.0969. The first kappa shape index (κ1) is 17.2. The van der Waals surface area contributed by atoms with E-state index < -0.39 is 12.1 Å². The zero-order valence-corrected chi connectivity index (χ0v) is 13.5. The summed E-state index contributed by atoms with van der Waals surface area (Å²) >= 11 is 6.56. The number of hydrogen-bond donors (Lipinski definition) is 3. The molecule has 0 bridgehead atoms. The van der Waals surface area contributed by atoms with E-state index in [9.17, 15) is 10.2 Å². The van der Waals surface area contributed by atoms with Crippen LogP contribution in [0.15, 0.2) is 21.1 Å². The van der Waals surface area contributed by atoms with Crippen LogP contribution in [0.2, 0.25) is 0 Å². The maximum Gasteiger partial charge on any atom is 0.134 e. The van der Waals surface area contributed by atoms with Crippen molar-refractivity contribution in [3.8, 4) is 5.75 Å². The Kier molecular flexibility index (Phi) is 7.02. The van der Waals surface area contributed by atoms with Gasteiger partial charge in [0.25, 0.3) is 0 Å². The second kappa shape index (κ2) is 6.95. The van der Waals surface area contributed by atoms with E-state index in [4.69, 9.17) is 5.73 Å². The standard InChI is InChI=1S/C11H15Br2NO2.ClH/c1-5(2)10(15)9(14)7-3-6(12)4-8(13)11(7)16;/h3-5,9-10,15-16H,14H2,1-2H3;1H/t9-,10+;/m1./s1. The van der Waals surface area contributed by atoms with Gasteiger partial charge in [-0.2, -0.15) is 0 Å². The van der Waals surface area contributed by atoms with E-state index in [1.165, 1.54) is 0 Å². The van der Waals surface area contributed by atoms with Gasteiger partial charge in [-0.25, -0.2) is 0 Å². The molecule has 0 amide bonds. The summed E-state index contributed by atoms with van der Waals surface area (Å²) in [5.74, 6) is 0.113. The van der Waals surface area contributed by atoms with E-state index >= 15 is 0 Å². The molecule has 98 valence electrons. The van der Waals surface area contributed by atoms with Crippen LogP contribution in [-0.4, -0.2) is 16.3 Å². The molecule has 1 aromatic carbocycles. The topological polar surface area (TPSA) is 66.5 Å². The van der Waals surface area contributed by atoms with Crippen molar-refractivity contribution in [2.45, 2.75) is 26.0 Å². The van der Waals surface area contributed by atoms with Gasteiger partial charge in [0.05, 0.1) is 16.6 Å². The zero-order valence-electron chi connectivity index (χ0n) is 9.52. The normalized spacial score (nSPS) is 14.3. The smallest absolute Gasteiger partial charge is 0.134 e. The first-order valence-electron chi connectivity index (χ1n) is 4.96. The number of nitrogens with two attached hydrogens (primary N) is 1. The van der Waals surface area contributed by atoms with Crippen LogP contribution in [0.5, 0.6) is 5.75 Å². The molecule has 0 saturated carbocycles. The molecule has 0 heterocycles. The van der Waals surface area contributed by atoms with Crippen LogP contribution in [0.3, 0.4) is 0 Å². The number of rotatable bonds is 3.